The lowest BCUT2D eigenvalue weighted by molar-refractivity contribution is 0.462. The Bertz CT molecular complexity index is 348. The third-order valence-electron chi connectivity index (χ3n) is 1.88. The summed E-state index contributed by atoms with van der Waals surface area (Å²) in [6.45, 7) is 1.36. The summed E-state index contributed by atoms with van der Waals surface area (Å²) in [5.74, 6) is -8.38. The normalized spacial score (nSPS) is 19.3. The fourth-order valence-corrected chi connectivity index (χ4v) is 1.13. The van der Waals surface area contributed by atoms with Crippen molar-refractivity contribution in [1.82, 2.24) is 0 Å². The van der Waals surface area contributed by atoms with Crippen LogP contribution >= 0.6 is 0 Å². The Balaban J connectivity index is 3.34. The molecule has 1 rings (SSSR count). The lowest BCUT2D eigenvalue weighted by Crippen LogP contribution is -1.88. The molecule has 0 saturated carbocycles. The van der Waals surface area contributed by atoms with E-state index in [1.165, 1.54) is 6.92 Å². The van der Waals surface area contributed by atoms with Gasteiger partial charge in [-0.05, 0) is 6.42 Å². The molecule has 0 amide bonds. The third kappa shape index (κ3) is 1.71. The molecule has 0 radical (unpaired) electrons. The Morgan fingerprint density at radius 3 is 1.93 bits per heavy atom. The first kappa shape index (κ1) is 10.9. The van der Waals surface area contributed by atoms with Crippen LogP contribution in [0.25, 0.3) is 0 Å². The van der Waals surface area contributed by atoms with E-state index in [1.807, 2.05) is 0 Å². The molecule has 0 heterocycles. The van der Waals surface area contributed by atoms with Crippen LogP contribution in [-0.4, -0.2) is 0 Å². The fraction of sp³-hybridized carbons (Fsp3) is 0.333. The van der Waals surface area contributed by atoms with Gasteiger partial charge in [0.15, 0.2) is 17.5 Å². The molecule has 14 heavy (non-hydrogen) atoms. The molecule has 0 unspecified atom stereocenters. The minimum Gasteiger partial charge on any atom is -0.211 e. The van der Waals surface area contributed by atoms with Crippen molar-refractivity contribution in [2.24, 2.45) is 0 Å². The SMILES string of the molecule is CCC1=C(F)CC(F)=C(F)C(F)=C1F. The van der Waals surface area contributed by atoms with Crippen LogP contribution in [0.15, 0.2) is 34.7 Å². The van der Waals surface area contributed by atoms with Gasteiger partial charge in [0.2, 0.25) is 0 Å². The van der Waals surface area contributed by atoms with Gasteiger partial charge in [0.1, 0.15) is 11.7 Å². The molecular weight excluding hydrogens is 203 g/mol. The van der Waals surface area contributed by atoms with Crippen LogP contribution in [0.1, 0.15) is 19.8 Å². The Labute approximate surface area is 77.4 Å². The lowest BCUT2D eigenvalue weighted by Gasteiger charge is -2.01. The molecule has 0 bridgehead atoms. The molecule has 0 atom stereocenters. The molecule has 0 aliphatic heterocycles. The second-order valence-corrected chi connectivity index (χ2v) is 2.76. The van der Waals surface area contributed by atoms with Crippen molar-refractivity contribution in [3.05, 3.63) is 34.7 Å². The van der Waals surface area contributed by atoms with E-state index in [1.54, 1.807) is 0 Å². The fourth-order valence-electron chi connectivity index (χ4n) is 1.13. The van der Waals surface area contributed by atoms with Gasteiger partial charge in [0.05, 0.1) is 6.42 Å². The van der Waals surface area contributed by atoms with Gasteiger partial charge in [-0.2, -0.15) is 0 Å². The zero-order valence-electron chi connectivity index (χ0n) is 7.30. The van der Waals surface area contributed by atoms with Crippen molar-refractivity contribution in [1.29, 1.82) is 0 Å². The summed E-state index contributed by atoms with van der Waals surface area (Å²) in [4.78, 5) is 0. The lowest BCUT2D eigenvalue weighted by atomic mass is 10.1. The summed E-state index contributed by atoms with van der Waals surface area (Å²) in [6, 6.07) is 0. The van der Waals surface area contributed by atoms with Crippen molar-refractivity contribution in [2.45, 2.75) is 19.8 Å². The molecule has 0 nitrogen and oxygen atoms in total. The first-order valence-electron chi connectivity index (χ1n) is 3.96. The maximum atomic E-state index is 13.0. The molecule has 0 saturated heterocycles. The van der Waals surface area contributed by atoms with Crippen LogP contribution in [0.2, 0.25) is 0 Å². The van der Waals surface area contributed by atoms with E-state index in [2.05, 4.69) is 0 Å². The van der Waals surface area contributed by atoms with Crippen molar-refractivity contribution in [3.63, 3.8) is 0 Å². The summed E-state index contributed by atoms with van der Waals surface area (Å²) in [5, 5.41) is 0. The van der Waals surface area contributed by atoms with Gasteiger partial charge >= 0.3 is 0 Å². The standard InChI is InChI=1S/C9H7F5/c1-2-4-5(10)3-6(11)8(13)9(14)7(4)12/h2-3H2,1H3. The number of hydrogen-bond acceptors (Lipinski definition) is 0. The number of halogens is 5. The van der Waals surface area contributed by atoms with Gasteiger partial charge in [-0.1, -0.05) is 6.92 Å². The second-order valence-electron chi connectivity index (χ2n) is 2.76. The average molecular weight is 210 g/mol. The van der Waals surface area contributed by atoms with Crippen LogP contribution < -0.4 is 0 Å². The zero-order chi connectivity index (χ0) is 10.9. The topological polar surface area (TPSA) is 0 Å². The molecule has 78 valence electrons. The highest BCUT2D eigenvalue weighted by Crippen LogP contribution is 2.37. The van der Waals surface area contributed by atoms with Crippen LogP contribution in [-0.2, 0) is 0 Å². The average Bonchev–Trinajstić information content (AvgIpc) is 2.20. The van der Waals surface area contributed by atoms with E-state index in [0.29, 0.717) is 0 Å². The van der Waals surface area contributed by atoms with Gasteiger partial charge < -0.3 is 0 Å². The van der Waals surface area contributed by atoms with E-state index in [-0.39, 0.29) is 6.42 Å². The van der Waals surface area contributed by atoms with Crippen molar-refractivity contribution in [3.8, 4) is 0 Å². The largest absolute Gasteiger partial charge is 0.211 e. The molecular formula is C9H7F5. The smallest absolute Gasteiger partial charge is 0.197 e. The molecule has 0 aromatic rings. The van der Waals surface area contributed by atoms with Crippen molar-refractivity contribution >= 4 is 0 Å². The van der Waals surface area contributed by atoms with Gasteiger partial charge in [-0.25, -0.2) is 22.0 Å². The molecule has 0 N–H and O–H groups in total. The van der Waals surface area contributed by atoms with Gasteiger partial charge in [0.25, 0.3) is 0 Å². The first-order valence-corrected chi connectivity index (χ1v) is 3.96. The number of hydrogen-bond donors (Lipinski definition) is 0. The Hall–Kier alpha value is -1.13. The van der Waals surface area contributed by atoms with Crippen molar-refractivity contribution < 1.29 is 22.0 Å². The quantitative estimate of drug-likeness (QED) is 0.565. The summed E-state index contributed by atoms with van der Waals surface area (Å²) in [6.07, 6.45) is -1.19. The Morgan fingerprint density at radius 2 is 1.43 bits per heavy atom. The summed E-state index contributed by atoms with van der Waals surface area (Å²) in [5.41, 5.74) is -0.620. The van der Waals surface area contributed by atoms with E-state index >= 15 is 0 Å². The highest BCUT2D eigenvalue weighted by atomic mass is 19.2. The first-order chi connectivity index (χ1) is 6.49. The maximum absolute atomic E-state index is 13.0. The molecule has 1 aliphatic carbocycles. The maximum Gasteiger partial charge on any atom is 0.197 e. The molecule has 0 spiro atoms. The van der Waals surface area contributed by atoms with Crippen LogP contribution in [0.4, 0.5) is 22.0 Å². The van der Waals surface area contributed by atoms with Crippen LogP contribution in [0, 0.1) is 0 Å². The number of allylic oxidation sites excluding steroid dienone is 6. The Kier molecular flexibility index (Phi) is 3.08. The van der Waals surface area contributed by atoms with Gasteiger partial charge in [-0.15, -0.1) is 0 Å². The predicted octanol–water partition coefficient (Wildman–Crippen LogP) is 4.32. The highest BCUT2D eigenvalue weighted by molar-refractivity contribution is 5.41. The van der Waals surface area contributed by atoms with E-state index in [4.69, 9.17) is 0 Å². The van der Waals surface area contributed by atoms with E-state index < -0.39 is 41.1 Å². The summed E-state index contributed by atoms with van der Waals surface area (Å²) < 4.78 is 63.8. The molecule has 5 heteroatoms. The van der Waals surface area contributed by atoms with E-state index in [9.17, 15) is 22.0 Å². The van der Waals surface area contributed by atoms with Crippen LogP contribution in [0.5, 0.6) is 0 Å². The van der Waals surface area contributed by atoms with Gasteiger partial charge in [0, 0.05) is 5.57 Å². The van der Waals surface area contributed by atoms with E-state index in [0.717, 1.165) is 0 Å². The zero-order valence-corrected chi connectivity index (χ0v) is 7.30. The third-order valence-corrected chi connectivity index (χ3v) is 1.88. The highest BCUT2D eigenvalue weighted by Gasteiger charge is 2.26. The van der Waals surface area contributed by atoms with Crippen molar-refractivity contribution in [2.75, 3.05) is 0 Å². The summed E-state index contributed by atoms with van der Waals surface area (Å²) >= 11 is 0. The molecule has 0 aromatic heterocycles. The van der Waals surface area contributed by atoms with Crippen LogP contribution in [0.3, 0.4) is 0 Å². The Morgan fingerprint density at radius 1 is 0.857 bits per heavy atom. The minimum absolute atomic E-state index is 0.161. The molecule has 0 aromatic carbocycles. The second kappa shape index (κ2) is 3.94. The monoisotopic (exact) mass is 210 g/mol. The molecule has 1 aliphatic rings. The molecule has 0 fully saturated rings. The predicted molar refractivity (Wildman–Crippen MR) is 41.5 cm³/mol. The number of rotatable bonds is 1. The van der Waals surface area contributed by atoms with Gasteiger partial charge in [-0.3, -0.25) is 0 Å². The summed E-state index contributed by atoms with van der Waals surface area (Å²) in [7, 11) is 0. The minimum atomic E-state index is -1.97.